The first-order chi connectivity index (χ1) is 5.99. The van der Waals surface area contributed by atoms with Gasteiger partial charge in [0.2, 0.25) is 5.91 Å². The van der Waals surface area contributed by atoms with E-state index in [1.807, 2.05) is 4.90 Å². The highest BCUT2D eigenvalue weighted by Gasteiger charge is 2.44. The molecule has 1 heterocycles. The lowest BCUT2D eigenvalue weighted by Crippen LogP contribution is -2.35. The molecule has 1 saturated heterocycles. The zero-order valence-corrected chi connectivity index (χ0v) is 8.29. The van der Waals surface area contributed by atoms with E-state index in [1.54, 1.807) is 6.92 Å². The van der Waals surface area contributed by atoms with Gasteiger partial charge in [-0.25, -0.2) is 0 Å². The Morgan fingerprint density at radius 2 is 2.23 bits per heavy atom. The minimum Gasteiger partial charge on any atom is -0.388 e. The first-order valence-corrected chi connectivity index (χ1v) is 5.01. The molecule has 3 heteroatoms. The van der Waals surface area contributed by atoms with Crippen LogP contribution in [0.2, 0.25) is 0 Å². The molecule has 1 amide bonds. The van der Waals surface area contributed by atoms with Crippen molar-refractivity contribution in [2.24, 2.45) is 11.8 Å². The standard InChI is InChI=1S/C10H17NO2/c1-7-5-8(7)9(12)11-4-3-10(2,13)6-11/h7-8,13H,3-6H2,1-2H3. The van der Waals surface area contributed by atoms with Crippen molar-refractivity contribution in [2.75, 3.05) is 13.1 Å². The normalized spacial score (nSPS) is 43.8. The van der Waals surface area contributed by atoms with Crippen molar-refractivity contribution in [3.05, 3.63) is 0 Å². The van der Waals surface area contributed by atoms with Gasteiger partial charge in [-0.05, 0) is 25.7 Å². The number of rotatable bonds is 1. The van der Waals surface area contributed by atoms with Gasteiger partial charge in [-0.2, -0.15) is 0 Å². The van der Waals surface area contributed by atoms with Gasteiger partial charge in [-0.15, -0.1) is 0 Å². The second-order valence-electron chi connectivity index (χ2n) is 4.83. The van der Waals surface area contributed by atoms with Crippen LogP contribution >= 0.6 is 0 Å². The molecule has 74 valence electrons. The van der Waals surface area contributed by atoms with Crippen molar-refractivity contribution in [2.45, 2.75) is 32.3 Å². The van der Waals surface area contributed by atoms with Crippen molar-refractivity contribution in [1.82, 2.24) is 4.90 Å². The van der Waals surface area contributed by atoms with Crippen molar-refractivity contribution in [3.8, 4) is 0 Å². The number of nitrogens with zero attached hydrogens (tertiary/aromatic N) is 1. The molecule has 0 spiro atoms. The Balaban J connectivity index is 1.93. The second kappa shape index (κ2) is 2.71. The van der Waals surface area contributed by atoms with Crippen molar-refractivity contribution >= 4 is 5.91 Å². The Labute approximate surface area is 78.7 Å². The van der Waals surface area contributed by atoms with E-state index in [1.165, 1.54) is 0 Å². The van der Waals surface area contributed by atoms with Crippen LogP contribution in [0.1, 0.15) is 26.7 Å². The smallest absolute Gasteiger partial charge is 0.226 e. The summed E-state index contributed by atoms with van der Waals surface area (Å²) < 4.78 is 0. The summed E-state index contributed by atoms with van der Waals surface area (Å²) in [6.45, 7) is 5.16. The van der Waals surface area contributed by atoms with Crippen LogP contribution < -0.4 is 0 Å². The molecule has 1 N–H and O–H groups in total. The Kier molecular flexibility index (Phi) is 1.88. The van der Waals surface area contributed by atoms with Gasteiger partial charge in [0.05, 0.1) is 5.60 Å². The summed E-state index contributed by atoms with van der Waals surface area (Å²) in [5.74, 6) is 1.08. The molecule has 1 aliphatic heterocycles. The molecular formula is C10H17NO2. The van der Waals surface area contributed by atoms with Crippen molar-refractivity contribution in [1.29, 1.82) is 0 Å². The summed E-state index contributed by atoms with van der Waals surface area (Å²) in [4.78, 5) is 13.5. The third-order valence-electron chi connectivity index (χ3n) is 3.19. The molecule has 3 unspecified atom stereocenters. The van der Waals surface area contributed by atoms with Crippen LogP contribution in [0, 0.1) is 11.8 Å². The van der Waals surface area contributed by atoms with Gasteiger partial charge in [0, 0.05) is 19.0 Å². The van der Waals surface area contributed by atoms with E-state index >= 15 is 0 Å². The van der Waals surface area contributed by atoms with Gasteiger partial charge in [0.25, 0.3) is 0 Å². The molecule has 0 aromatic heterocycles. The summed E-state index contributed by atoms with van der Waals surface area (Å²) in [6.07, 6.45) is 1.76. The molecule has 0 bridgehead atoms. The fourth-order valence-corrected chi connectivity index (χ4v) is 2.03. The van der Waals surface area contributed by atoms with Gasteiger partial charge in [0.15, 0.2) is 0 Å². The number of β-amino-alcohol motifs (C(OH)–C–C–N with tert-alkyl or cyclic N) is 1. The lowest BCUT2D eigenvalue weighted by atomic mass is 10.1. The number of aliphatic hydroxyl groups is 1. The maximum Gasteiger partial charge on any atom is 0.226 e. The highest BCUT2D eigenvalue weighted by Crippen LogP contribution is 2.40. The second-order valence-corrected chi connectivity index (χ2v) is 4.83. The van der Waals surface area contributed by atoms with Gasteiger partial charge < -0.3 is 10.0 Å². The summed E-state index contributed by atoms with van der Waals surface area (Å²) in [7, 11) is 0. The predicted octanol–water partition coefficient (Wildman–Crippen LogP) is 0.626. The Hall–Kier alpha value is -0.570. The Bertz CT molecular complexity index is 237. The van der Waals surface area contributed by atoms with E-state index in [0.717, 1.165) is 19.4 Å². The number of hydrogen-bond donors (Lipinski definition) is 1. The van der Waals surface area contributed by atoms with Crippen LogP contribution in [0.5, 0.6) is 0 Å². The quantitative estimate of drug-likeness (QED) is 0.647. The van der Waals surface area contributed by atoms with E-state index < -0.39 is 5.60 Å². The highest BCUT2D eigenvalue weighted by molar-refractivity contribution is 5.82. The third-order valence-corrected chi connectivity index (χ3v) is 3.19. The van der Waals surface area contributed by atoms with Crippen LogP contribution in [0.4, 0.5) is 0 Å². The van der Waals surface area contributed by atoms with Gasteiger partial charge in [0.1, 0.15) is 0 Å². The number of carbonyl (C=O) groups excluding carboxylic acids is 1. The summed E-state index contributed by atoms with van der Waals surface area (Å²) in [5, 5.41) is 9.69. The van der Waals surface area contributed by atoms with E-state index in [2.05, 4.69) is 6.92 Å². The van der Waals surface area contributed by atoms with Crippen molar-refractivity contribution < 1.29 is 9.90 Å². The zero-order valence-electron chi connectivity index (χ0n) is 8.29. The van der Waals surface area contributed by atoms with Crippen LogP contribution in [0.25, 0.3) is 0 Å². The third kappa shape index (κ3) is 1.70. The SMILES string of the molecule is CC1CC1C(=O)N1CCC(C)(O)C1. The monoisotopic (exact) mass is 183 g/mol. The largest absolute Gasteiger partial charge is 0.388 e. The highest BCUT2D eigenvalue weighted by atomic mass is 16.3. The molecule has 0 radical (unpaired) electrons. The number of likely N-dealkylation sites (tertiary alicyclic amines) is 1. The topological polar surface area (TPSA) is 40.5 Å². The van der Waals surface area contributed by atoms with E-state index in [-0.39, 0.29) is 11.8 Å². The minimum atomic E-state index is -0.645. The fourth-order valence-electron chi connectivity index (χ4n) is 2.03. The minimum absolute atomic E-state index is 0.255. The fraction of sp³-hybridized carbons (Fsp3) is 0.900. The van der Waals surface area contributed by atoms with Crippen molar-refractivity contribution in [3.63, 3.8) is 0 Å². The zero-order chi connectivity index (χ0) is 9.64. The number of amides is 1. The average Bonchev–Trinajstić information content (AvgIpc) is 2.64. The summed E-state index contributed by atoms with van der Waals surface area (Å²) in [6, 6.07) is 0. The molecule has 1 aliphatic carbocycles. The van der Waals surface area contributed by atoms with Gasteiger partial charge >= 0.3 is 0 Å². The van der Waals surface area contributed by atoms with E-state index in [0.29, 0.717) is 12.5 Å². The molecule has 0 aromatic rings. The molecule has 2 aliphatic rings. The first kappa shape index (κ1) is 9.00. The lowest BCUT2D eigenvalue weighted by molar-refractivity contribution is -0.132. The average molecular weight is 183 g/mol. The van der Waals surface area contributed by atoms with Crippen LogP contribution in [0.15, 0.2) is 0 Å². The van der Waals surface area contributed by atoms with Crippen LogP contribution in [0.3, 0.4) is 0 Å². The maximum atomic E-state index is 11.7. The molecule has 3 atom stereocenters. The summed E-state index contributed by atoms with van der Waals surface area (Å²) >= 11 is 0. The molecule has 13 heavy (non-hydrogen) atoms. The van der Waals surface area contributed by atoms with E-state index in [9.17, 15) is 9.90 Å². The van der Waals surface area contributed by atoms with Gasteiger partial charge in [-0.1, -0.05) is 6.92 Å². The first-order valence-electron chi connectivity index (χ1n) is 5.01. The number of carbonyl (C=O) groups is 1. The molecule has 2 rings (SSSR count). The molecule has 2 fully saturated rings. The summed E-state index contributed by atoms with van der Waals surface area (Å²) in [5.41, 5.74) is -0.645. The van der Waals surface area contributed by atoms with Crippen LogP contribution in [-0.2, 0) is 4.79 Å². The molecule has 3 nitrogen and oxygen atoms in total. The van der Waals surface area contributed by atoms with E-state index in [4.69, 9.17) is 0 Å². The molecule has 0 aromatic carbocycles. The molecule has 1 saturated carbocycles. The van der Waals surface area contributed by atoms with Gasteiger partial charge in [-0.3, -0.25) is 4.79 Å². The van der Waals surface area contributed by atoms with Crippen LogP contribution in [-0.4, -0.2) is 34.6 Å². The Morgan fingerprint density at radius 3 is 2.62 bits per heavy atom. The lowest BCUT2D eigenvalue weighted by Gasteiger charge is -2.18. The Morgan fingerprint density at radius 1 is 1.62 bits per heavy atom. The maximum absolute atomic E-state index is 11.7. The predicted molar refractivity (Wildman–Crippen MR) is 49.1 cm³/mol. The molecular weight excluding hydrogens is 166 g/mol. The number of hydrogen-bond acceptors (Lipinski definition) is 2.